The van der Waals surface area contributed by atoms with Gasteiger partial charge in [0.2, 0.25) is 17.7 Å². The van der Waals surface area contributed by atoms with Gasteiger partial charge in [0.15, 0.2) is 0 Å². The van der Waals surface area contributed by atoms with Crippen molar-refractivity contribution in [2.75, 3.05) is 0 Å². The van der Waals surface area contributed by atoms with Crippen molar-refractivity contribution in [2.24, 2.45) is 17.1 Å². The highest BCUT2D eigenvalue weighted by Gasteiger charge is 2.57. The van der Waals surface area contributed by atoms with Crippen molar-refractivity contribution in [3.63, 3.8) is 0 Å². The molecule has 5 amide bonds. The van der Waals surface area contributed by atoms with E-state index < -0.39 is 35.2 Å². The fourth-order valence-corrected chi connectivity index (χ4v) is 3.12. The average Bonchev–Trinajstić information content (AvgIpc) is 2.82. The quantitative estimate of drug-likeness (QED) is 0.717. The molecule has 0 aromatic carbocycles. The van der Waals surface area contributed by atoms with Gasteiger partial charge in [0, 0.05) is 0 Å². The van der Waals surface area contributed by atoms with Gasteiger partial charge < -0.3 is 5.73 Å². The first-order chi connectivity index (χ1) is 9.31. The summed E-state index contributed by atoms with van der Waals surface area (Å²) < 4.78 is 0. The molecule has 20 heavy (non-hydrogen) atoms. The van der Waals surface area contributed by atoms with Crippen LogP contribution >= 0.6 is 0 Å². The van der Waals surface area contributed by atoms with E-state index in [1.54, 1.807) is 13.8 Å². The molecule has 2 fully saturated rings. The largest absolute Gasteiger partial charge is 0.368 e. The summed E-state index contributed by atoms with van der Waals surface area (Å²) in [6.45, 7) is 3.40. The zero-order valence-electron chi connectivity index (χ0n) is 11.6. The molecule has 1 saturated carbocycles. The van der Waals surface area contributed by atoms with Gasteiger partial charge in [0.05, 0.1) is 0 Å². The Labute approximate surface area is 116 Å². The van der Waals surface area contributed by atoms with Crippen LogP contribution < -0.4 is 11.1 Å². The fraction of sp³-hybridized carbons (Fsp3) is 0.692. The number of nitrogens with zero attached hydrogens (tertiary/aromatic N) is 1. The summed E-state index contributed by atoms with van der Waals surface area (Å²) >= 11 is 0. The maximum Gasteiger partial charge on any atom is 0.331 e. The number of barbiturate groups is 1. The van der Waals surface area contributed by atoms with Gasteiger partial charge in [-0.1, -0.05) is 26.7 Å². The lowest BCUT2D eigenvalue weighted by Crippen LogP contribution is -2.68. The van der Waals surface area contributed by atoms with E-state index in [4.69, 9.17) is 5.73 Å². The lowest BCUT2D eigenvalue weighted by molar-refractivity contribution is -0.155. The van der Waals surface area contributed by atoms with Crippen molar-refractivity contribution in [2.45, 2.75) is 45.6 Å². The third kappa shape index (κ3) is 1.97. The number of nitrogens with two attached hydrogens (primary N) is 1. The third-order valence-electron chi connectivity index (χ3n) is 4.16. The summed E-state index contributed by atoms with van der Waals surface area (Å²) in [5, 5.41) is 2.20. The number of carbonyl (C=O) groups excluding carboxylic acids is 4. The van der Waals surface area contributed by atoms with Crippen molar-refractivity contribution in [3.05, 3.63) is 0 Å². The van der Waals surface area contributed by atoms with Crippen molar-refractivity contribution in [1.82, 2.24) is 10.2 Å². The summed E-state index contributed by atoms with van der Waals surface area (Å²) in [5.74, 6) is -2.19. The maximum absolute atomic E-state index is 12.7. The molecule has 2 aliphatic rings. The Balaban J connectivity index is 2.42. The number of carbonyl (C=O) groups is 4. The highest BCUT2D eigenvalue weighted by Crippen LogP contribution is 2.42. The van der Waals surface area contributed by atoms with Crippen LogP contribution in [0.3, 0.4) is 0 Å². The molecule has 1 aliphatic carbocycles. The van der Waals surface area contributed by atoms with E-state index >= 15 is 0 Å². The van der Waals surface area contributed by atoms with E-state index in [1.165, 1.54) is 0 Å². The van der Waals surface area contributed by atoms with Crippen molar-refractivity contribution in [1.29, 1.82) is 0 Å². The second-order valence-electron chi connectivity index (χ2n) is 5.81. The molecule has 0 aromatic heterocycles. The van der Waals surface area contributed by atoms with Gasteiger partial charge >= 0.3 is 6.03 Å². The number of rotatable bonds is 3. The molecule has 7 nitrogen and oxygen atoms in total. The van der Waals surface area contributed by atoms with Crippen LogP contribution in [0.2, 0.25) is 0 Å². The van der Waals surface area contributed by atoms with E-state index in [0.717, 1.165) is 17.7 Å². The second-order valence-corrected chi connectivity index (χ2v) is 5.81. The van der Waals surface area contributed by atoms with Gasteiger partial charge in [-0.05, 0) is 18.8 Å². The zero-order valence-corrected chi connectivity index (χ0v) is 11.6. The number of imide groups is 2. The maximum atomic E-state index is 12.7. The van der Waals surface area contributed by atoms with E-state index in [0.29, 0.717) is 12.8 Å². The average molecular weight is 281 g/mol. The molecular formula is C13H19N3O4. The lowest BCUT2D eigenvalue weighted by Gasteiger charge is -2.40. The van der Waals surface area contributed by atoms with Crippen molar-refractivity contribution < 1.29 is 19.2 Å². The molecule has 0 radical (unpaired) electrons. The molecule has 1 unspecified atom stereocenters. The van der Waals surface area contributed by atoms with Crippen LogP contribution in [0.15, 0.2) is 0 Å². The Hall–Kier alpha value is -1.92. The van der Waals surface area contributed by atoms with Crippen LogP contribution in [0.25, 0.3) is 0 Å². The summed E-state index contributed by atoms with van der Waals surface area (Å²) in [6, 6.07) is -1.89. The number of primary amides is 1. The van der Waals surface area contributed by atoms with E-state index in [2.05, 4.69) is 5.32 Å². The van der Waals surface area contributed by atoms with Gasteiger partial charge in [0.1, 0.15) is 11.5 Å². The highest BCUT2D eigenvalue weighted by atomic mass is 16.2. The van der Waals surface area contributed by atoms with Gasteiger partial charge in [-0.2, -0.15) is 0 Å². The van der Waals surface area contributed by atoms with Gasteiger partial charge in [0.25, 0.3) is 0 Å². The zero-order chi connectivity index (χ0) is 15.1. The minimum absolute atomic E-state index is 0.311. The monoisotopic (exact) mass is 281 g/mol. The van der Waals surface area contributed by atoms with Gasteiger partial charge in [-0.15, -0.1) is 0 Å². The van der Waals surface area contributed by atoms with Gasteiger partial charge in [-0.3, -0.25) is 24.6 Å². The van der Waals surface area contributed by atoms with Crippen LogP contribution in [0.4, 0.5) is 4.79 Å². The second kappa shape index (κ2) is 4.88. The Morgan fingerprint density at radius 2 is 1.80 bits per heavy atom. The van der Waals surface area contributed by atoms with Gasteiger partial charge in [-0.25, -0.2) is 4.79 Å². The molecule has 1 aliphatic heterocycles. The number of hydrogen-bond donors (Lipinski definition) is 2. The first-order valence-electron chi connectivity index (χ1n) is 6.79. The summed E-state index contributed by atoms with van der Waals surface area (Å²) in [4.78, 5) is 49.1. The molecule has 1 saturated heterocycles. The topological polar surface area (TPSA) is 110 Å². The molecular weight excluding hydrogens is 262 g/mol. The van der Waals surface area contributed by atoms with Crippen molar-refractivity contribution in [3.8, 4) is 0 Å². The fourth-order valence-electron chi connectivity index (χ4n) is 3.12. The first kappa shape index (κ1) is 14.5. The summed E-state index contributed by atoms with van der Waals surface area (Å²) in [6.07, 6.45) is 2.32. The van der Waals surface area contributed by atoms with E-state index in [1.807, 2.05) is 0 Å². The predicted molar refractivity (Wildman–Crippen MR) is 69.1 cm³/mol. The molecule has 3 N–H and O–H groups in total. The normalized spacial score (nSPS) is 23.4. The van der Waals surface area contributed by atoms with Crippen LogP contribution in [0, 0.1) is 11.3 Å². The van der Waals surface area contributed by atoms with Crippen LogP contribution in [-0.2, 0) is 14.4 Å². The minimum Gasteiger partial charge on any atom is -0.368 e. The molecule has 1 atom stereocenters. The molecule has 7 heteroatoms. The molecule has 1 heterocycles. The number of nitrogens with one attached hydrogen (secondary N) is 1. The SMILES string of the molecule is CC(C)C(C(N)=O)N1C(=O)NC(=O)C2(CCCC2)C1=O. The number of hydrogen-bond acceptors (Lipinski definition) is 4. The molecule has 0 aromatic rings. The standard InChI is InChI=1S/C13H19N3O4/c1-7(2)8(9(14)17)16-11(19)13(5-3-4-6-13)10(18)15-12(16)20/h7-8H,3-6H2,1-2H3,(H2,14,17)(H,15,18,20). The lowest BCUT2D eigenvalue weighted by atomic mass is 9.81. The number of amides is 5. The first-order valence-corrected chi connectivity index (χ1v) is 6.79. The Morgan fingerprint density at radius 3 is 2.25 bits per heavy atom. The highest BCUT2D eigenvalue weighted by molar-refractivity contribution is 6.20. The Kier molecular flexibility index (Phi) is 3.54. The smallest absolute Gasteiger partial charge is 0.331 e. The van der Waals surface area contributed by atoms with Crippen LogP contribution in [-0.4, -0.2) is 34.7 Å². The summed E-state index contributed by atoms with van der Waals surface area (Å²) in [5.41, 5.74) is 4.12. The molecule has 2 rings (SSSR count). The summed E-state index contributed by atoms with van der Waals surface area (Å²) in [7, 11) is 0. The van der Waals surface area contributed by atoms with E-state index in [-0.39, 0.29) is 5.92 Å². The molecule has 0 bridgehead atoms. The minimum atomic E-state index is -1.20. The number of urea groups is 1. The Morgan fingerprint density at radius 1 is 1.25 bits per heavy atom. The van der Waals surface area contributed by atoms with Crippen LogP contribution in [0.5, 0.6) is 0 Å². The van der Waals surface area contributed by atoms with Crippen LogP contribution in [0.1, 0.15) is 39.5 Å². The third-order valence-corrected chi connectivity index (χ3v) is 4.16. The molecule has 110 valence electrons. The van der Waals surface area contributed by atoms with E-state index in [9.17, 15) is 19.2 Å². The molecule has 1 spiro atoms. The Bertz CT molecular complexity index is 480. The predicted octanol–water partition coefficient (Wildman–Crippen LogP) is 0.135. The van der Waals surface area contributed by atoms with Crippen molar-refractivity contribution >= 4 is 23.8 Å².